The van der Waals surface area contributed by atoms with Crippen LogP contribution in [-0.2, 0) is 4.74 Å². The van der Waals surface area contributed by atoms with E-state index in [0.717, 1.165) is 12.8 Å². The molecule has 0 bridgehead atoms. The van der Waals surface area contributed by atoms with Crippen molar-refractivity contribution < 1.29 is 14.3 Å². The summed E-state index contributed by atoms with van der Waals surface area (Å²) in [5, 5.41) is 0. The van der Waals surface area contributed by atoms with Gasteiger partial charge in [0.25, 0.3) is 0 Å². The first kappa shape index (κ1) is 16.3. The van der Waals surface area contributed by atoms with E-state index in [1.165, 1.54) is 12.8 Å². The number of unbranched alkanes of at least 4 members (excludes halogenated alkanes) is 1. The van der Waals surface area contributed by atoms with Gasteiger partial charge in [0.2, 0.25) is 0 Å². The fraction of sp³-hybridized carbons (Fsp3) is 0.562. The molecule has 1 unspecified atom stereocenters. The molecule has 4 heteroatoms. The molecule has 0 fully saturated rings. The first-order chi connectivity index (χ1) is 9.62. The molecule has 0 amide bonds. The summed E-state index contributed by atoms with van der Waals surface area (Å²) in [5.74, 6) is 0.680. The molecule has 2 N–H and O–H groups in total. The van der Waals surface area contributed by atoms with E-state index in [-0.39, 0.29) is 5.97 Å². The second-order valence-corrected chi connectivity index (χ2v) is 4.97. The van der Waals surface area contributed by atoms with Crippen LogP contribution in [0.3, 0.4) is 0 Å². The number of anilines is 1. The molecule has 0 aromatic heterocycles. The Morgan fingerprint density at radius 3 is 2.65 bits per heavy atom. The molecule has 4 nitrogen and oxygen atoms in total. The smallest absolute Gasteiger partial charge is 0.338 e. The van der Waals surface area contributed by atoms with Crippen molar-refractivity contribution in [2.75, 3.05) is 19.5 Å². The number of methoxy groups -OCH3 is 1. The fourth-order valence-corrected chi connectivity index (χ4v) is 2.04. The zero-order chi connectivity index (χ0) is 15.0. The van der Waals surface area contributed by atoms with Crippen LogP contribution in [0.25, 0.3) is 0 Å². The lowest BCUT2D eigenvalue weighted by atomic mass is 10.0. The first-order valence-electron chi connectivity index (χ1n) is 7.22. The lowest BCUT2D eigenvalue weighted by molar-refractivity contribution is 0.0428. The Kier molecular flexibility index (Phi) is 6.91. The molecule has 0 saturated heterocycles. The van der Waals surface area contributed by atoms with Crippen LogP contribution in [0.4, 0.5) is 5.69 Å². The Morgan fingerprint density at radius 2 is 2.10 bits per heavy atom. The largest absolute Gasteiger partial charge is 0.495 e. The molecule has 0 spiro atoms. The molecule has 0 aliphatic carbocycles. The van der Waals surface area contributed by atoms with Crippen LogP contribution in [0.1, 0.15) is 49.9 Å². The van der Waals surface area contributed by atoms with Gasteiger partial charge in [0.05, 0.1) is 25.0 Å². The van der Waals surface area contributed by atoms with Crippen molar-refractivity contribution in [3.63, 3.8) is 0 Å². The number of nitrogen functional groups attached to an aromatic ring is 1. The molecule has 1 atom stereocenters. The maximum atomic E-state index is 12.0. The van der Waals surface area contributed by atoms with Gasteiger partial charge in [-0.1, -0.05) is 33.1 Å². The normalized spacial score (nSPS) is 11.9. The van der Waals surface area contributed by atoms with Crippen LogP contribution in [-0.4, -0.2) is 19.7 Å². The lowest BCUT2D eigenvalue weighted by Gasteiger charge is -2.15. The highest BCUT2D eigenvalue weighted by molar-refractivity contribution is 5.91. The first-order valence-corrected chi connectivity index (χ1v) is 7.22. The van der Waals surface area contributed by atoms with Crippen molar-refractivity contribution in [2.24, 2.45) is 5.92 Å². The molecule has 0 radical (unpaired) electrons. The average Bonchev–Trinajstić information content (AvgIpc) is 2.47. The number of hydrogen-bond acceptors (Lipinski definition) is 4. The van der Waals surface area contributed by atoms with Gasteiger partial charge in [0.15, 0.2) is 0 Å². The number of esters is 1. The van der Waals surface area contributed by atoms with E-state index in [1.54, 1.807) is 25.3 Å². The van der Waals surface area contributed by atoms with E-state index < -0.39 is 0 Å². The summed E-state index contributed by atoms with van der Waals surface area (Å²) in [4.78, 5) is 12.0. The highest BCUT2D eigenvalue weighted by Crippen LogP contribution is 2.22. The van der Waals surface area contributed by atoms with Crippen molar-refractivity contribution in [2.45, 2.75) is 39.5 Å². The number of nitrogens with two attached hydrogens (primary N) is 1. The van der Waals surface area contributed by atoms with Crippen molar-refractivity contribution in [3.05, 3.63) is 23.8 Å². The molecular formula is C16H25NO3. The standard InChI is InChI=1S/C16H25NO3/c1-4-6-7-12(5-2)11-20-16(18)13-8-9-15(19-3)14(17)10-13/h8-10,12H,4-7,11,17H2,1-3H3. The van der Waals surface area contributed by atoms with Gasteiger partial charge >= 0.3 is 5.97 Å². The third-order valence-corrected chi connectivity index (χ3v) is 3.46. The van der Waals surface area contributed by atoms with E-state index >= 15 is 0 Å². The molecule has 0 saturated carbocycles. The zero-order valence-electron chi connectivity index (χ0n) is 12.6. The van der Waals surface area contributed by atoms with Crippen molar-refractivity contribution >= 4 is 11.7 Å². The fourth-order valence-electron chi connectivity index (χ4n) is 2.04. The second-order valence-electron chi connectivity index (χ2n) is 4.97. The minimum absolute atomic E-state index is 0.325. The quantitative estimate of drug-likeness (QED) is 0.583. The summed E-state index contributed by atoms with van der Waals surface area (Å²) >= 11 is 0. The molecule has 20 heavy (non-hydrogen) atoms. The summed E-state index contributed by atoms with van der Waals surface area (Å²) < 4.78 is 10.4. The summed E-state index contributed by atoms with van der Waals surface area (Å²) in [6.07, 6.45) is 4.47. The van der Waals surface area contributed by atoms with Gasteiger partial charge in [-0.25, -0.2) is 4.79 Å². The van der Waals surface area contributed by atoms with Crippen molar-refractivity contribution in [1.29, 1.82) is 0 Å². The summed E-state index contributed by atoms with van der Waals surface area (Å²) in [6.45, 7) is 4.76. The number of rotatable bonds is 8. The van der Waals surface area contributed by atoms with Gasteiger partial charge in [-0.2, -0.15) is 0 Å². The van der Waals surface area contributed by atoms with Crippen molar-refractivity contribution in [1.82, 2.24) is 0 Å². The van der Waals surface area contributed by atoms with E-state index in [9.17, 15) is 4.79 Å². The average molecular weight is 279 g/mol. The number of benzene rings is 1. The molecule has 0 aliphatic rings. The molecular weight excluding hydrogens is 254 g/mol. The molecule has 1 aromatic rings. The maximum Gasteiger partial charge on any atom is 0.338 e. The number of ether oxygens (including phenoxy) is 2. The topological polar surface area (TPSA) is 61.5 Å². The minimum atomic E-state index is -0.325. The second kappa shape index (κ2) is 8.46. The summed E-state index contributed by atoms with van der Waals surface area (Å²) in [7, 11) is 1.54. The monoisotopic (exact) mass is 279 g/mol. The molecule has 1 rings (SSSR count). The number of carbonyl (C=O) groups excluding carboxylic acids is 1. The highest BCUT2D eigenvalue weighted by Gasteiger charge is 2.13. The molecule has 112 valence electrons. The van der Waals surface area contributed by atoms with Crippen LogP contribution in [0, 0.1) is 5.92 Å². The van der Waals surface area contributed by atoms with E-state index in [2.05, 4.69) is 13.8 Å². The predicted octanol–water partition coefficient (Wildman–Crippen LogP) is 3.65. The van der Waals surface area contributed by atoms with E-state index in [1.807, 2.05) is 0 Å². The summed E-state index contributed by atoms with van der Waals surface area (Å²) in [6, 6.07) is 4.94. The Balaban J connectivity index is 2.55. The summed E-state index contributed by atoms with van der Waals surface area (Å²) in [5.41, 5.74) is 6.70. The predicted molar refractivity (Wildman–Crippen MR) is 81.0 cm³/mol. The Bertz CT molecular complexity index is 432. The van der Waals surface area contributed by atoms with Crippen LogP contribution < -0.4 is 10.5 Å². The van der Waals surface area contributed by atoms with Crippen LogP contribution in [0.15, 0.2) is 18.2 Å². The van der Waals surface area contributed by atoms with Crippen LogP contribution in [0.5, 0.6) is 5.75 Å². The SMILES string of the molecule is CCCCC(CC)COC(=O)c1ccc(OC)c(N)c1. The molecule has 1 aromatic carbocycles. The maximum absolute atomic E-state index is 12.0. The Labute approximate surface area is 121 Å². The van der Waals surface area contributed by atoms with Crippen molar-refractivity contribution in [3.8, 4) is 5.75 Å². The molecule has 0 heterocycles. The van der Waals surface area contributed by atoms with Crippen LogP contribution in [0.2, 0.25) is 0 Å². The van der Waals surface area contributed by atoms with Gasteiger partial charge in [0, 0.05) is 0 Å². The highest BCUT2D eigenvalue weighted by atomic mass is 16.5. The van der Waals surface area contributed by atoms with Gasteiger partial charge < -0.3 is 15.2 Å². The third-order valence-electron chi connectivity index (χ3n) is 3.46. The van der Waals surface area contributed by atoms with Gasteiger partial charge in [-0.15, -0.1) is 0 Å². The van der Waals surface area contributed by atoms with Gasteiger partial charge in [0.1, 0.15) is 5.75 Å². The lowest BCUT2D eigenvalue weighted by Crippen LogP contribution is -2.14. The molecule has 0 aliphatic heterocycles. The number of carbonyl (C=O) groups is 1. The zero-order valence-corrected chi connectivity index (χ0v) is 12.6. The third kappa shape index (κ3) is 4.76. The number of hydrogen-bond donors (Lipinski definition) is 1. The van der Waals surface area contributed by atoms with E-state index in [0.29, 0.717) is 29.5 Å². The van der Waals surface area contributed by atoms with E-state index in [4.69, 9.17) is 15.2 Å². The minimum Gasteiger partial charge on any atom is -0.495 e. The van der Waals surface area contributed by atoms with Gasteiger partial charge in [-0.05, 0) is 30.5 Å². The Hall–Kier alpha value is -1.71. The van der Waals surface area contributed by atoms with Crippen LogP contribution >= 0.6 is 0 Å². The Morgan fingerprint density at radius 1 is 1.35 bits per heavy atom. The van der Waals surface area contributed by atoms with Gasteiger partial charge in [-0.3, -0.25) is 0 Å².